The maximum atomic E-state index is 11.6. The quantitative estimate of drug-likeness (QED) is 0.608. The number of ether oxygens (including phenoxy) is 1. The molecule has 4 nitrogen and oxygen atoms in total. The van der Waals surface area contributed by atoms with Crippen LogP contribution in [0.2, 0.25) is 0 Å². The van der Waals surface area contributed by atoms with E-state index in [1.165, 1.54) is 7.11 Å². The molecule has 2 atom stereocenters. The standard InChI is InChI=1S/C11H11ClO4S/c1-16-11(13)9-6-7-4-2-3-5-8(7)10(9)17(12,14)15/h2-5,9-10H,6H2,1H3. The van der Waals surface area contributed by atoms with Gasteiger partial charge in [-0.3, -0.25) is 4.79 Å². The summed E-state index contributed by atoms with van der Waals surface area (Å²) < 4.78 is 27.8. The monoisotopic (exact) mass is 274 g/mol. The summed E-state index contributed by atoms with van der Waals surface area (Å²) >= 11 is 0. The van der Waals surface area contributed by atoms with Gasteiger partial charge in [-0.1, -0.05) is 24.3 Å². The molecule has 2 unspecified atom stereocenters. The summed E-state index contributed by atoms with van der Waals surface area (Å²) in [4.78, 5) is 11.6. The Balaban J connectivity index is 2.52. The van der Waals surface area contributed by atoms with Crippen molar-refractivity contribution in [3.05, 3.63) is 35.4 Å². The Hall–Kier alpha value is -1.07. The van der Waals surface area contributed by atoms with Gasteiger partial charge in [-0.25, -0.2) is 8.42 Å². The third kappa shape index (κ3) is 2.17. The molecule has 1 aliphatic carbocycles. The fourth-order valence-corrected chi connectivity index (χ4v) is 4.06. The van der Waals surface area contributed by atoms with Gasteiger partial charge in [0, 0.05) is 10.7 Å². The zero-order chi connectivity index (χ0) is 12.6. The van der Waals surface area contributed by atoms with E-state index in [1.54, 1.807) is 24.3 Å². The maximum Gasteiger partial charge on any atom is 0.310 e. The van der Waals surface area contributed by atoms with Crippen molar-refractivity contribution in [1.29, 1.82) is 0 Å². The van der Waals surface area contributed by atoms with Gasteiger partial charge in [0.2, 0.25) is 9.05 Å². The van der Waals surface area contributed by atoms with Crippen molar-refractivity contribution < 1.29 is 17.9 Å². The van der Waals surface area contributed by atoms with Crippen LogP contribution in [0.4, 0.5) is 0 Å². The molecule has 0 spiro atoms. The molecule has 6 heteroatoms. The molecule has 0 fully saturated rings. The lowest BCUT2D eigenvalue weighted by Gasteiger charge is -2.14. The van der Waals surface area contributed by atoms with Gasteiger partial charge in [-0.05, 0) is 17.5 Å². The number of methoxy groups -OCH3 is 1. The number of hydrogen-bond donors (Lipinski definition) is 0. The first-order chi connectivity index (χ1) is 7.95. The van der Waals surface area contributed by atoms with Crippen molar-refractivity contribution >= 4 is 25.7 Å². The minimum Gasteiger partial charge on any atom is -0.469 e. The summed E-state index contributed by atoms with van der Waals surface area (Å²) in [5.74, 6) is -1.30. The Kier molecular flexibility index (Phi) is 3.14. The largest absolute Gasteiger partial charge is 0.469 e. The highest BCUT2D eigenvalue weighted by Crippen LogP contribution is 2.43. The summed E-state index contributed by atoms with van der Waals surface area (Å²) in [5.41, 5.74) is 1.43. The van der Waals surface area contributed by atoms with Crippen LogP contribution in [0.15, 0.2) is 24.3 Å². The van der Waals surface area contributed by atoms with E-state index >= 15 is 0 Å². The predicted molar refractivity (Wildman–Crippen MR) is 63.2 cm³/mol. The lowest BCUT2D eigenvalue weighted by atomic mass is 10.1. The molecule has 0 heterocycles. The van der Waals surface area contributed by atoms with E-state index in [1.807, 2.05) is 0 Å². The Morgan fingerprint density at radius 2 is 2.06 bits per heavy atom. The number of esters is 1. The van der Waals surface area contributed by atoms with Crippen molar-refractivity contribution in [1.82, 2.24) is 0 Å². The molecule has 0 amide bonds. The number of carbonyl (C=O) groups excluding carboxylic acids is 1. The van der Waals surface area contributed by atoms with Crippen molar-refractivity contribution in [3.8, 4) is 0 Å². The van der Waals surface area contributed by atoms with E-state index < -0.39 is 26.2 Å². The van der Waals surface area contributed by atoms with Crippen LogP contribution in [0.3, 0.4) is 0 Å². The van der Waals surface area contributed by atoms with Gasteiger partial charge in [-0.15, -0.1) is 0 Å². The average Bonchev–Trinajstić information content (AvgIpc) is 2.66. The summed E-state index contributed by atoms with van der Waals surface area (Å²) in [6.45, 7) is 0. The first-order valence-corrected chi connectivity index (χ1v) is 7.41. The molecule has 0 N–H and O–H groups in total. The number of fused-ring (bicyclic) bond motifs is 1. The second-order valence-electron chi connectivity index (χ2n) is 3.93. The lowest BCUT2D eigenvalue weighted by molar-refractivity contribution is -0.145. The number of halogens is 1. The van der Waals surface area contributed by atoms with Gasteiger partial charge in [0.05, 0.1) is 13.0 Å². The molecule has 0 saturated heterocycles. The molecule has 2 rings (SSSR count). The summed E-state index contributed by atoms with van der Waals surface area (Å²) in [6.07, 6.45) is 0.347. The highest BCUT2D eigenvalue weighted by molar-refractivity contribution is 8.14. The molecule has 1 aliphatic rings. The summed E-state index contributed by atoms with van der Waals surface area (Å²) in [7, 11) is 2.82. The number of benzene rings is 1. The molecule has 0 saturated carbocycles. The topological polar surface area (TPSA) is 60.4 Å². The predicted octanol–water partition coefficient (Wildman–Crippen LogP) is 1.64. The Morgan fingerprint density at radius 3 is 2.65 bits per heavy atom. The van der Waals surface area contributed by atoms with Gasteiger partial charge >= 0.3 is 5.97 Å². The van der Waals surface area contributed by atoms with Crippen molar-refractivity contribution in [2.45, 2.75) is 11.7 Å². The van der Waals surface area contributed by atoms with E-state index in [2.05, 4.69) is 4.74 Å². The highest BCUT2D eigenvalue weighted by Gasteiger charge is 2.44. The van der Waals surface area contributed by atoms with E-state index in [9.17, 15) is 13.2 Å². The van der Waals surface area contributed by atoms with Crippen molar-refractivity contribution in [2.24, 2.45) is 5.92 Å². The molecule has 1 aromatic carbocycles. The molecular formula is C11H11ClO4S. The molecular weight excluding hydrogens is 264 g/mol. The molecule has 17 heavy (non-hydrogen) atoms. The first kappa shape index (κ1) is 12.4. The highest BCUT2D eigenvalue weighted by atomic mass is 35.7. The SMILES string of the molecule is COC(=O)C1Cc2ccccc2C1S(=O)(=O)Cl. The van der Waals surface area contributed by atoms with Crippen LogP contribution < -0.4 is 0 Å². The minimum absolute atomic E-state index is 0.347. The zero-order valence-corrected chi connectivity index (χ0v) is 10.7. The van der Waals surface area contributed by atoms with Crippen molar-refractivity contribution in [3.63, 3.8) is 0 Å². The van der Waals surface area contributed by atoms with Crippen LogP contribution in [0.1, 0.15) is 16.4 Å². The second kappa shape index (κ2) is 4.31. The molecule has 0 radical (unpaired) electrons. The zero-order valence-electron chi connectivity index (χ0n) is 9.09. The number of carbonyl (C=O) groups is 1. The normalized spacial score (nSPS) is 23.2. The van der Waals surface area contributed by atoms with Gasteiger partial charge < -0.3 is 4.74 Å². The smallest absolute Gasteiger partial charge is 0.310 e. The molecule has 0 aromatic heterocycles. The van der Waals surface area contributed by atoms with Crippen LogP contribution in [0, 0.1) is 5.92 Å². The molecule has 92 valence electrons. The molecule has 0 aliphatic heterocycles. The summed E-state index contributed by atoms with van der Waals surface area (Å²) in [5, 5.41) is -1.01. The molecule has 0 bridgehead atoms. The van der Waals surface area contributed by atoms with E-state index in [-0.39, 0.29) is 0 Å². The number of rotatable bonds is 2. The Bertz CT molecular complexity index is 552. The van der Waals surface area contributed by atoms with E-state index in [0.29, 0.717) is 12.0 Å². The van der Waals surface area contributed by atoms with Crippen LogP contribution in [0.5, 0.6) is 0 Å². The van der Waals surface area contributed by atoms with E-state index in [0.717, 1.165) is 5.56 Å². The van der Waals surface area contributed by atoms with Crippen LogP contribution in [-0.2, 0) is 25.0 Å². The van der Waals surface area contributed by atoms with Gasteiger partial charge in [-0.2, -0.15) is 0 Å². The lowest BCUT2D eigenvalue weighted by Crippen LogP contribution is -2.24. The third-order valence-corrected chi connectivity index (χ3v) is 4.74. The first-order valence-electron chi connectivity index (χ1n) is 5.04. The fourth-order valence-electron chi connectivity index (χ4n) is 2.26. The van der Waals surface area contributed by atoms with Crippen LogP contribution in [0.25, 0.3) is 0 Å². The Morgan fingerprint density at radius 1 is 1.41 bits per heavy atom. The third-order valence-electron chi connectivity index (χ3n) is 2.97. The summed E-state index contributed by atoms with van der Waals surface area (Å²) in [6, 6.07) is 7.01. The Labute approximate surface area is 104 Å². The number of hydrogen-bond acceptors (Lipinski definition) is 4. The fraction of sp³-hybridized carbons (Fsp3) is 0.364. The minimum atomic E-state index is -3.85. The van der Waals surface area contributed by atoms with Gasteiger partial charge in [0.1, 0.15) is 5.25 Å². The van der Waals surface area contributed by atoms with Gasteiger partial charge in [0.15, 0.2) is 0 Å². The van der Waals surface area contributed by atoms with E-state index in [4.69, 9.17) is 10.7 Å². The van der Waals surface area contributed by atoms with Crippen molar-refractivity contribution in [2.75, 3.05) is 7.11 Å². The van der Waals surface area contributed by atoms with Crippen LogP contribution >= 0.6 is 10.7 Å². The second-order valence-corrected chi connectivity index (χ2v) is 6.68. The van der Waals surface area contributed by atoms with Gasteiger partial charge in [0.25, 0.3) is 0 Å². The maximum absolute atomic E-state index is 11.6. The molecule has 1 aromatic rings. The average molecular weight is 275 g/mol. The van der Waals surface area contributed by atoms with Crippen LogP contribution in [-0.4, -0.2) is 21.5 Å².